The summed E-state index contributed by atoms with van der Waals surface area (Å²) in [7, 11) is 0. The number of halogens is 1. The Labute approximate surface area is 168 Å². The highest BCUT2D eigenvalue weighted by atomic mass is 19.1. The minimum atomic E-state index is -0.331. The summed E-state index contributed by atoms with van der Waals surface area (Å²) in [6.07, 6.45) is 3.57. The number of aliphatic hydroxyl groups excluding tert-OH is 1. The molecule has 2 aromatic heterocycles. The fourth-order valence-corrected chi connectivity index (χ4v) is 3.49. The number of benzene rings is 2. The molecule has 0 aliphatic carbocycles. The van der Waals surface area contributed by atoms with Gasteiger partial charge in [-0.15, -0.1) is 0 Å². The predicted molar refractivity (Wildman–Crippen MR) is 114 cm³/mol. The van der Waals surface area contributed by atoms with Crippen LogP contribution in [-0.2, 0) is 19.4 Å². The van der Waals surface area contributed by atoms with Gasteiger partial charge in [-0.25, -0.2) is 9.37 Å². The molecule has 5 nitrogen and oxygen atoms in total. The maximum atomic E-state index is 13.6. The number of nitrogens with two attached hydrogens (primary N) is 1. The monoisotopic (exact) mass is 390 g/mol. The lowest BCUT2D eigenvalue weighted by Crippen LogP contribution is -2.17. The minimum Gasteiger partial charge on any atom is -0.395 e. The Morgan fingerprint density at radius 1 is 0.931 bits per heavy atom. The lowest BCUT2D eigenvalue weighted by Gasteiger charge is -2.09. The number of hydrogen-bond acceptors (Lipinski definition) is 5. The van der Waals surface area contributed by atoms with Crippen molar-refractivity contribution in [2.75, 3.05) is 18.9 Å². The lowest BCUT2D eigenvalue weighted by molar-refractivity contribution is 0.292. The Hall–Kier alpha value is -3.09. The predicted octanol–water partition coefficient (Wildman–Crippen LogP) is 3.37. The molecule has 0 amide bonds. The van der Waals surface area contributed by atoms with Gasteiger partial charge < -0.3 is 16.2 Å². The average molecular weight is 390 g/mol. The fraction of sp³-hybridized carbons (Fsp3) is 0.217. The second-order valence-electron chi connectivity index (χ2n) is 7.12. The number of aromatic nitrogens is 2. The van der Waals surface area contributed by atoms with Gasteiger partial charge in [0.25, 0.3) is 0 Å². The van der Waals surface area contributed by atoms with Crippen molar-refractivity contribution in [3.8, 4) is 0 Å². The number of nitrogens with zero attached hydrogens (tertiary/aromatic N) is 2. The molecule has 0 saturated heterocycles. The van der Waals surface area contributed by atoms with Gasteiger partial charge in [-0.3, -0.25) is 4.98 Å². The molecule has 29 heavy (non-hydrogen) atoms. The zero-order valence-electron chi connectivity index (χ0n) is 16.0. The third kappa shape index (κ3) is 4.34. The molecule has 6 heteroatoms. The van der Waals surface area contributed by atoms with E-state index in [1.807, 2.05) is 6.20 Å². The van der Waals surface area contributed by atoms with Gasteiger partial charge in [-0.1, -0.05) is 24.3 Å². The SMILES string of the molecule is Nc1nc2cc(F)ccc2c2cc(CCc3ccc(CNCCO)cc3)cnc12. The van der Waals surface area contributed by atoms with Crippen LogP contribution in [0.25, 0.3) is 21.8 Å². The maximum absolute atomic E-state index is 13.6. The normalized spacial score (nSPS) is 11.4. The standard InChI is InChI=1S/C23H23FN4O/c24-18-7-8-19-20-11-17(14-27-22(20)23(25)28-21(19)12-18)6-3-15-1-4-16(5-2-15)13-26-9-10-29/h1-2,4-5,7-8,11-12,14,26,29H,3,6,9-10,13H2,(H2,25,28). The van der Waals surface area contributed by atoms with Gasteiger partial charge >= 0.3 is 0 Å². The van der Waals surface area contributed by atoms with Gasteiger partial charge in [0.2, 0.25) is 0 Å². The molecule has 0 fully saturated rings. The summed E-state index contributed by atoms with van der Waals surface area (Å²) in [4.78, 5) is 8.79. The second kappa shape index (κ2) is 8.51. The van der Waals surface area contributed by atoms with Gasteiger partial charge in [0.05, 0.1) is 12.1 Å². The van der Waals surface area contributed by atoms with Crippen LogP contribution in [0.3, 0.4) is 0 Å². The molecule has 0 aliphatic rings. The molecule has 0 bridgehead atoms. The van der Waals surface area contributed by atoms with Crippen molar-refractivity contribution in [1.29, 1.82) is 0 Å². The van der Waals surface area contributed by atoms with Crippen LogP contribution < -0.4 is 11.1 Å². The van der Waals surface area contributed by atoms with Crippen molar-refractivity contribution in [1.82, 2.24) is 15.3 Å². The number of hydrogen-bond donors (Lipinski definition) is 3. The number of aliphatic hydroxyl groups is 1. The number of pyridine rings is 2. The zero-order valence-corrected chi connectivity index (χ0v) is 16.0. The van der Waals surface area contributed by atoms with Crippen LogP contribution in [0.4, 0.5) is 10.2 Å². The van der Waals surface area contributed by atoms with E-state index in [1.54, 1.807) is 6.07 Å². The molecule has 0 aliphatic heterocycles. The van der Waals surface area contributed by atoms with Crippen LogP contribution in [0, 0.1) is 5.82 Å². The van der Waals surface area contributed by atoms with Crippen molar-refractivity contribution >= 4 is 27.6 Å². The highest BCUT2D eigenvalue weighted by molar-refractivity contribution is 6.08. The van der Waals surface area contributed by atoms with E-state index in [0.29, 0.717) is 23.4 Å². The van der Waals surface area contributed by atoms with E-state index in [0.717, 1.165) is 35.7 Å². The summed E-state index contributed by atoms with van der Waals surface area (Å²) in [6, 6.07) is 15.1. The molecule has 148 valence electrons. The second-order valence-corrected chi connectivity index (χ2v) is 7.12. The van der Waals surface area contributed by atoms with E-state index in [1.165, 1.54) is 23.3 Å². The molecule has 0 unspecified atom stereocenters. The van der Waals surface area contributed by atoms with Crippen molar-refractivity contribution < 1.29 is 9.50 Å². The summed E-state index contributed by atoms with van der Waals surface area (Å²) in [5.41, 5.74) is 10.8. The minimum absolute atomic E-state index is 0.143. The van der Waals surface area contributed by atoms with Crippen molar-refractivity contribution in [2.24, 2.45) is 0 Å². The summed E-state index contributed by atoms with van der Waals surface area (Å²) < 4.78 is 13.6. The van der Waals surface area contributed by atoms with E-state index in [4.69, 9.17) is 10.8 Å². The van der Waals surface area contributed by atoms with Crippen LogP contribution >= 0.6 is 0 Å². The third-order valence-electron chi connectivity index (χ3n) is 5.02. The first-order valence-corrected chi connectivity index (χ1v) is 9.67. The molecule has 4 N–H and O–H groups in total. The van der Waals surface area contributed by atoms with Crippen molar-refractivity contribution in [2.45, 2.75) is 19.4 Å². The fourth-order valence-electron chi connectivity index (χ4n) is 3.49. The summed E-state index contributed by atoms with van der Waals surface area (Å²) in [5.74, 6) is -0.0158. The quantitative estimate of drug-likeness (QED) is 0.333. The van der Waals surface area contributed by atoms with Crippen molar-refractivity contribution in [3.63, 3.8) is 0 Å². The highest BCUT2D eigenvalue weighted by Crippen LogP contribution is 2.28. The number of nitrogens with one attached hydrogen (secondary N) is 1. The van der Waals surface area contributed by atoms with E-state index >= 15 is 0 Å². The average Bonchev–Trinajstić information content (AvgIpc) is 2.73. The van der Waals surface area contributed by atoms with Gasteiger partial charge in [0.1, 0.15) is 11.3 Å². The number of fused-ring (bicyclic) bond motifs is 3. The van der Waals surface area contributed by atoms with Crippen LogP contribution in [0.1, 0.15) is 16.7 Å². The number of aryl methyl sites for hydroxylation is 2. The van der Waals surface area contributed by atoms with E-state index in [2.05, 4.69) is 45.6 Å². The first-order chi connectivity index (χ1) is 14.1. The maximum Gasteiger partial charge on any atom is 0.150 e. The molecular weight excluding hydrogens is 367 g/mol. The molecule has 4 aromatic rings. The van der Waals surface area contributed by atoms with Crippen LogP contribution in [0.5, 0.6) is 0 Å². The van der Waals surface area contributed by atoms with Gasteiger partial charge in [-0.05, 0) is 47.7 Å². The van der Waals surface area contributed by atoms with E-state index < -0.39 is 0 Å². The Kier molecular flexibility index (Phi) is 5.64. The number of anilines is 1. The van der Waals surface area contributed by atoms with Crippen LogP contribution in [-0.4, -0.2) is 28.2 Å². The molecule has 0 saturated carbocycles. The Bertz CT molecular complexity index is 1150. The lowest BCUT2D eigenvalue weighted by atomic mass is 10.0. The van der Waals surface area contributed by atoms with Gasteiger partial charge in [0, 0.05) is 36.1 Å². The Balaban J connectivity index is 1.53. The summed E-state index contributed by atoms with van der Waals surface area (Å²) in [6.45, 7) is 1.49. The van der Waals surface area contributed by atoms with E-state index in [9.17, 15) is 4.39 Å². The number of rotatable bonds is 7. The van der Waals surface area contributed by atoms with Gasteiger partial charge in [-0.2, -0.15) is 0 Å². The summed E-state index contributed by atoms with van der Waals surface area (Å²) >= 11 is 0. The largest absolute Gasteiger partial charge is 0.395 e. The molecule has 0 spiro atoms. The third-order valence-corrected chi connectivity index (χ3v) is 5.02. The highest BCUT2D eigenvalue weighted by Gasteiger charge is 2.09. The van der Waals surface area contributed by atoms with Crippen LogP contribution in [0.2, 0.25) is 0 Å². The molecule has 0 atom stereocenters. The molecule has 2 aromatic carbocycles. The molecule has 0 radical (unpaired) electrons. The smallest absolute Gasteiger partial charge is 0.150 e. The van der Waals surface area contributed by atoms with Gasteiger partial charge in [0.15, 0.2) is 5.82 Å². The van der Waals surface area contributed by atoms with Crippen molar-refractivity contribution in [3.05, 3.63) is 77.2 Å². The Morgan fingerprint density at radius 3 is 2.48 bits per heavy atom. The van der Waals surface area contributed by atoms with E-state index in [-0.39, 0.29) is 12.4 Å². The van der Waals surface area contributed by atoms with Crippen LogP contribution in [0.15, 0.2) is 54.7 Å². The Morgan fingerprint density at radius 2 is 1.69 bits per heavy atom. The molecule has 2 heterocycles. The topological polar surface area (TPSA) is 84.1 Å². The molecule has 4 rings (SSSR count). The first kappa shape index (κ1) is 19.2. The summed E-state index contributed by atoms with van der Waals surface area (Å²) in [5, 5.41) is 13.7. The molecular formula is C23H23FN4O. The zero-order chi connectivity index (χ0) is 20.2. The number of nitrogen functional groups attached to an aromatic ring is 1. The first-order valence-electron chi connectivity index (χ1n) is 9.67.